The van der Waals surface area contributed by atoms with E-state index in [1.165, 1.54) is 7.11 Å². The number of methoxy groups -OCH3 is 1. The third-order valence-electron chi connectivity index (χ3n) is 2.15. The Morgan fingerprint density at radius 2 is 1.60 bits per heavy atom. The van der Waals surface area contributed by atoms with E-state index in [-0.39, 0.29) is 17.8 Å². The fourth-order valence-corrected chi connectivity index (χ4v) is 1.42. The fourth-order valence-electron chi connectivity index (χ4n) is 1.42. The predicted octanol–water partition coefficient (Wildman–Crippen LogP) is 1.83. The van der Waals surface area contributed by atoms with Gasteiger partial charge in [-0.2, -0.15) is 0 Å². The topological polar surface area (TPSA) is 44.8 Å². The summed E-state index contributed by atoms with van der Waals surface area (Å²) in [5.74, 6) is -0.521. The Balaban J connectivity index is 4.58. The summed E-state index contributed by atoms with van der Waals surface area (Å²) < 4.78 is 15.6. The number of hydrogen-bond acceptors (Lipinski definition) is 4. The van der Waals surface area contributed by atoms with E-state index in [9.17, 15) is 4.79 Å². The van der Waals surface area contributed by atoms with Crippen molar-refractivity contribution in [3.8, 4) is 0 Å². The van der Waals surface area contributed by atoms with Crippen LogP contribution in [0.3, 0.4) is 0 Å². The smallest absolute Gasteiger partial charge is 0.314 e. The molecule has 0 saturated carbocycles. The van der Waals surface area contributed by atoms with Gasteiger partial charge in [-0.15, -0.1) is 0 Å². The van der Waals surface area contributed by atoms with Crippen molar-refractivity contribution in [1.82, 2.24) is 0 Å². The van der Waals surface area contributed by atoms with E-state index in [0.717, 1.165) is 0 Å². The van der Waals surface area contributed by atoms with Gasteiger partial charge in [-0.05, 0) is 19.8 Å². The van der Waals surface area contributed by atoms with Crippen LogP contribution in [-0.4, -0.2) is 32.6 Å². The fraction of sp³-hybridized carbons (Fsp3) is 0.909. The number of hydrogen-bond donors (Lipinski definition) is 0. The lowest BCUT2D eigenvalue weighted by Gasteiger charge is -2.27. The van der Waals surface area contributed by atoms with Crippen LogP contribution in [0.4, 0.5) is 0 Å². The second-order valence-corrected chi connectivity index (χ2v) is 3.57. The maximum atomic E-state index is 11.6. The van der Waals surface area contributed by atoms with Crippen molar-refractivity contribution >= 4 is 5.97 Å². The molecule has 90 valence electrons. The molecule has 0 aromatic rings. The second kappa shape index (κ2) is 7.65. The first-order valence-corrected chi connectivity index (χ1v) is 5.39. The van der Waals surface area contributed by atoms with E-state index < -0.39 is 6.29 Å². The zero-order chi connectivity index (χ0) is 11.8. The normalized spacial score (nSPS) is 13.3. The van der Waals surface area contributed by atoms with Gasteiger partial charge in [0.25, 0.3) is 0 Å². The summed E-state index contributed by atoms with van der Waals surface area (Å²) >= 11 is 0. The van der Waals surface area contributed by atoms with Gasteiger partial charge in [0.05, 0.1) is 7.11 Å². The molecule has 0 bridgehead atoms. The highest BCUT2D eigenvalue weighted by Gasteiger charge is 2.33. The summed E-state index contributed by atoms with van der Waals surface area (Å²) in [6.07, 6.45) is -0.507. The molecule has 0 spiro atoms. The summed E-state index contributed by atoms with van der Waals surface area (Å²) in [5, 5.41) is 0. The highest BCUT2D eigenvalue weighted by molar-refractivity contribution is 5.73. The molecule has 0 aliphatic heterocycles. The Morgan fingerprint density at radius 1 is 1.13 bits per heavy atom. The minimum absolute atomic E-state index is 0.126. The maximum absolute atomic E-state index is 11.6. The molecule has 0 radical (unpaired) electrons. The molecule has 1 unspecified atom stereocenters. The van der Waals surface area contributed by atoms with Crippen molar-refractivity contribution in [3.63, 3.8) is 0 Å². The quantitative estimate of drug-likeness (QED) is 0.483. The summed E-state index contributed by atoms with van der Waals surface area (Å²) in [5.41, 5.74) is 0. The van der Waals surface area contributed by atoms with Gasteiger partial charge in [0.2, 0.25) is 0 Å². The number of esters is 1. The van der Waals surface area contributed by atoms with Gasteiger partial charge in [0.15, 0.2) is 6.29 Å². The van der Waals surface area contributed by atoms with Crippen LogP contribution < -0.4 is 0 Å². The molecule has 0 aromatic carbocycles. The highest BCUT2D eigenvalue weighted by atomic mass is 16.7. The molecule has 0 aliphatic rings. The van der Waals surface area contributed by atoms with E-state index in [2.05, 4.69) is 0 Å². The lowest BCUT2D eigenvalue weighted by atomic mass is 9.95. The van der Waals surface area contributed by atoms with Gasteiger partial charge in [-0.3, -0.25) is 4.79 Å². The van der Waals surface area contributed by atoms with Crippen molar-refractivity contribution in [2.45, 2.75) is 34.0 Å². The number of carbonyl (C=O) groups excluding carboxylic acids is 1. The first-order chi connectivity index (χ1) is 7.08. The largest absolute Gasteiger partial charge is 0.469 e. The third-order valence-corrected chi connectivity index (χ3v) is 2.15. The van der Waals surface area contributed by atoms with Crippen molar-refractivity contribution in [2.24, 2.45) is 11.8 Å². The minimum Gasteiger partial charge on any atom is -0.469 e. The predicted molar refractivity (Wildman–Crippen MR) is 57.4 cm³/mol. The van der Waals surface area contributed by atoms with E-state index in [0.29, 0.717) is 13.2 Å². The Bertz CT molecular complexity index is 173. The standard InChI is InChI=1S/C11H22O4/c1-6-14-11(15-7-2)9(8(3)4)10(12)13-5/h8-9,11H,6-7H2,1-5H3. The van der Waals surface area contributed by atoms with Gasteiger partial charge in [0, 0.05) is 13.2 Å². The van der Waals surface area contributed by atoms with Crippen LogP contribution in [0.15, 0.2) is 0 Å². The lowest BCUT2D eigenvalue weighted by Crippen LogP contribution is -2.37. The first kappa shape index (κ1) is 14.4. The molecule has 0 aliphatic carbocycles. The SMILES string of the molecule is CCOC(OCC)C(C(=O)OC)C(C)C. The summed E-state index contributed by atoms with van der Waals surface area (Å²) in [6.45, 7) is 8.69. The molecule has 4 nitrogen and oxygen atoms in total. The summed E-state index contributed by atoms with van der Waals surface area (Å²) in [4.78, 5) is 11.6. The summed E-state index contributed by atoms with van der Waals surface area (Å²) in [6, 6.07) is 0. The average molecular weight is 218 g/mol. The van der Waals surface area contributed by atoms with Crippen LogP contribution in [0.25, 0.3) is 0 Å². The molecule has 0 amide bonds. The van der Waals surface area contributed by atoms with Gasteiger partial charge in [-0.1, -0.05) is 13.8 Å². The molecular formula is C11H22O4. The van der Waals surface area contributed by atoms with Crippen molar-refractivity contribution in [2.75, 3.05) is 20.3 Å². The number of ether oxygens (including phenoxy) is 3. The lowest BCUT2D eigenvalue weighted by molar-refractivity contribution is -0.193. The zero-order valence-corrected chi connectivity index (χ0v) is 10.3. The van der Waals surface area contributed by atoms with Crippen LogP contribution in [0.5, 0.6) is 0 Å². The molecule has 0 rings (SSSR count). The van der Waals surface area contributed by atoms with Gasteiger partial charge < -0.3 is 14.2 Å². The highest BCUT2D eigenvalue weighted by Crippen LogP contribution is 2.20. The second-order valence-electron chi connectivity index (χ2n) is 3.57. The molecule has 0 fully saturated rings. The molecule has 0 saturated heterocycles. The monoisotopic (exact) mass is 218 g/mol. The molecule has 15 heavy (non-hydrogen) atoms. The first-order valence-electron chi connectivity index (χ1n) is 5.39. The van der Waals surface area contributed by atoms with Crippen molar-refractivity contribution < 1.29 is 19.0 Å². The van der Waals surface area contributed by atoms with Gasteiger partial charge in [-0.25, -0.2) is 0 Å². The van der Waals surface area contributed by atoms with Gasteiger partial charge >= 0.3 is 5.97 Å². The molecule has 0 N–H and O–H groups in total. The maximum Gasteiger partial charge on any atom is 0.314 e. The molecule has 0 aromatic heterocycles. The van der Waals surface area contributed by atoms with Crippen LogP contribution >= 0.6 is 0 Å². The third kappa shape index (κ3) is 4.62. The number of rotatable bonds is 7. The Morgan fingerprint density at radius 3 is 1.87 bits per heavy atom. The van der Waals surface area contributed by atoms with Crippen LogP contribution in [-0.2, 0) is 19.0 Å². The van der Waals surface area contributed by atoms with E-state index >= 15 is 0 Å². The molecular weight excluding hydrogens is 196 g/mol. The van der Waals surface area contributed by atoms with Crippen molar-refractivity contribution in [3.05, 3.63) is 0 Å². The minimum atomic E-state index is -0.507. The molecule has 0 heterocycles. The Labute approximate surface area is 91.9 Å². The van der Waals surface area contributed by atoms with Crippen LogP contribution in [0.1, 0.15) is 27.7 Å². The number of carbonyl (C=O) groups is 1. The molecule has 1 atom stereocenters. The zero-order valence-electron chi connectivity index (χ0n) is 10.3. The Hall–Kier alpha value is -0.610. The summed E-state index contributed by atoms with van der Waals surface area (Å²) in [7, 11) is 1.38. The van der Waals surface area contributed by atoms with Crippen LogP contribution in [0.2, 0.25) is 0 Å². The Kier molecular flexibility index (Phi) is 7.34. The van der Waals surface area contributed by atoms with E-state index in [1.807, 2.05) is 27.7 Å². The van der Waals surface area contributed by atoms with Crippen LogP contribution in [0, 0.1) is 11.8 Å². The van der Waals surface area contributed by atoms with Crippen molar-refractivity contribution in [1.29, 1.82) is 0 Å². The average Bonchev–Trinajstić information content (AvgIpc) is 2.18. The van der Waals surface area contributed by atoms with Gasteiger partial charge in [0.1, 0.15) is 5.92 Å². The molecule has 4 heteroatoms. The van der Waals surface area contributed by atoms with E-state index in [4.69, 9.17) is 14.2 Å². The van der Waals surface area contributed by atoms with E-state index in [1.54, 1.807) is 0 Å².